The van der Waals surface area contributed by atoms with Crippen LogP contribution in [0.15, 0.2) is 79.4 Å². The molecule has 3 aromatic rings. The van der Waals surface area contributed by atoms with E-state index in [4.69, 9.17) is 0 Å². The van der Waals surface area contributed by atoms with Crippen molar-refractivity contribution in [2.75, 3.05) is 44.2 Å². The highest BCUT2D eigenvalue weighted by Gasteiger charge is 2.49. The number of halogens is 7. The predicted molar refractivity (Wildman–Crippen MR) is 194 cm³/mol. The molecule has 2 aliphatic carbocycles. The average molecular weight is 759 g/mol. The van der Waals surface area contributed by atoms with Crippen LogP contribution in [0, 0.1) is 0 Å². The van der Waals surface area contributed by atoms with E-state index < -0.39 is 53.5 Å². The molecule has 2 amide bonds. The molecule has 6 rings (SSSR count). The van der Waals surface area contributed by atoms with E-state index in [2.05, 4.69) is 11.9 Å². The van der Waals surface area contributed by atoms with Crippen LogP contribution < -0.4 is 10.2 Å². The van der Waals surface area contributed by atoms with Crippen LogP contribution in [0.2, 0.25) is 0 Å². The minimum atomic E-state index is -4.84. The summed E-state index contributed by atoms with van der Waals surface area (Å²) in [4.78, 5) is 31.9. The zero-order chi connectivity index (χ0) is 38.7. The maximum Gasteiger partial charge on any atom is 0.417 e. The summed E-state index contributed by atoms with van der Waals surface area (Å²) >= 11 is 0. The lowest BCUT2D eigenvalue weighted by Crippen LogP contribution is -2.51. The summed E-state index contributed by atoms with van der Waals surface area (Å²) in [6.45, 7) is 3.14. The smallest absolute Gasteiger partial charge is 0.346 e. The number of unbranched alkanes of at least 4 members (excludes halogenated alkanes) is 1. The SMILES string of the molecule is C=CCN(C(=O)c1ccc(N2CCN(CCCCC3(C(=O)NCC(F)(F)F)c4ccccc4-c4ccccc43)CC2F)cc1C(F)(F)F)C1CCCCC1. The molecule has 1 saturated carbocycles. The van der Waals surface area contributed by atoms with Crippen LogP contribution in [-0.4, -0.2) is 79.4 Å². The van der Waals surface area contributed by atoms with E-state index >= 15 is 4.39 Å². The van der Waals surface area contributed by atoms with E-state index in [9.17, 15) is 35.9 Å². The maximum absolute atomic E-state index is 15.7. The first-order chi connectivity index (χ1) is 25.7. The molecule has 2 fully saturated rings. The van der Waals surface area contributed by atoms with Gasteiger partial charge in [-0.15, -0.1) is 6.58 Å². The molecule has 1 N–H and O–H groups in total. The Morgan fingerprint density at radius 1 is 0.889 bits per heavy atom. The Morgan fingerprint density at radius 3 is 2.13 bits per heavy atom. The van der Waals surface area contributed by atoms with Crippen LogP contribution in [-0.2, 0) is 16.4 Å². The van der Waals surface area contributed by atoms with E-state index in [-0.39, 0.29) is 37.8 Å². The molecule has 3 aliphatic rings. The number of nitrogens with zero attached hydrogens (tertiary/aromatic N) is 3. The lowest BCUT2D eigenvalue weighted by Gasteiger charge is -2.39. The molecular formula is C41H45F7N4O2. The van der Waals surface area contributed by atoms with Gasteiger partial charge in [0.25, 0.3) is 5.91 Å². The van der Waals surface area contributed by atoms with Crippen molar-refractivity contribution in [3.8, 4) is 11.1 Å². The first-order valence-electron chi connectivity index (χ1n) is 18.5. The maximum atomic E-state index is 15.7. The van der Waals surface area contributed by atoms with Gasteiger partial charge in [-0.1, -0.05) is 80.3 Å². The van der Waals surface area contributed by atoms with Gasteiger partial charge < -0.3 is 15.1 Å². The van der Waals surface area contributed by atoms with Gasteiger partial charge in [-0.3, -0.25) is 14.5 Å². The van der Waals surface area contributed by atoms with Gasteiger partial charge in [0.05, 0.1) is 11.1 Å². The predicted octanol–water partition coefficient (Wildman–Crippen LogP) is 8.90. The average Bonchev–Trinajstić information content (AvgIpc) is 3.44. The molecule has 1 atom stereocenters. The zero-order valence-electron chi connectivity index (χ0n) is 30.0. The fourth-order valence-corrected chi connectivity index (χ4v) is 8.51. The molecule has 13 heteroatoms. The molecule has 1 heterocycles. The minimum absolute atomic E-state index is 0.0318. The first-order valence-corrected chi connectivity index (χ1v) is 18.5. The van der Waals surface area contributed by atoms with Gasteiger partial charge in [-0.25, -0.2) is 4.39 Å². The summed E-state index contributed by atoms with van der Waals surface area (Å²) < 4.78 is 98.7. The van der Waals surface area contributed by atoms with Crippen molar-refractivity contribution in [3.05, 3.63) is 102 Å². The van der Waals surface area contributed by atoms with Crippen molar-refractivity contribution in [1.29, 1.82) is 0 Å². The Labute approximate surface area is 311 Å². The Balaban J connectivity index is 1.13. The quantitative estimate of drug-likeness (QED) is 0.0869. The first kappa shape index (κ1) is 39.3. The van der Waals surface area contributed by atoms with Crippen LogP contribution in [0.5, 0.6) is 0 Å². The highest BCUT2D eigenvalue weighted by molar-refractivity contribution is 6.00. The van der Waals surface area contributed by atoms with Crippen molar-refractivity contribution >= 4 is 17.5 Å². The zero-order valence-corrected chi connectivity index (χ0v) is 30.0. The van der Waals surface area contributed by atoms with Crippen molar-refractivity contribution in [3.63, 3.8) is 0 Å². The topological polar surface area (TPSA) is 55.9 Å². The standard InChI is InChI=1S/C41H45F7N4O2/c1-2-21-52(28-12-4-3-5-13-28)37(53)32-19-18-29(25-35(32)41(46,47)48)51-24-23-50(26-36(51)42)22-11-10-20-39(38(54)49-27-40(43,44)45)33-16-8-6-14-30(33)31-15-7-9-17-34(31)39/h2,6-9,14-19,25,28,36H,1,3-5,10-13,20-24,26-27H2,(H,49,54). The molecule has 1 saturated heterocycles. The minimum Gasteiger partial charge on any atom is -0.346 e. The van der Waals surface area contributed by atoms with Crippen molar-refractivity contribution in [2.45, 2.75) is 81.5 Å². The molecule has 54 heavy (non-hydrogen) atoms. The molecule has 1 aliphatic heterocycles. The molecule has 1 unspecified atom stereocenters. The van der Waals surface area contributed by atoms with Gasteiger partial charge in [0.2, 0.25) is 5.91 Å². The van der Waals surface area contributed by atoms with Gasteiger partial charge in [0, 0.05) is 37.9 Å². The number of nitrogens with one attached hydrogen (secondary N) is 1. The second-order valence-corrected chi connectivity index (χ2v) is 14.4. The van der Waals surface area contributed by atoms with Crippen molar-refractivity contribution in [2.24, 2.45) is 0 Å². The Bertz CT molecular complexity index is 1780. The third kappa shape index (κ3) is 8.16. The highest BCUT2D eigenvalue weighted by Crippen LogP contribution is 2.51. The molecule has 3 aromatic carbocycles. The third-order valence-corrected chi connectivity index (χ3v) is 11.1. The number of amides is 2. The Kier molecular flexibility index (Phi) is 11.8. The highest BCUT2D eigenvalue weighted by atomic mass is 19.4. The summed E-state index contributed by atoms with van der Waals surface area (Å²) in [5.41, 5.74) is -0.0367. The third-order valence-electron chi connectivity index (χ3n) is 11.1. The molecule has 0 radical (unpaired) electrons. The van der Waals surface area contributed by atoms with Crippen LogP contribution in [0.4, 0.5) is 36.4 Å². The lowest BCUT2D eigenvalue weighted by atomic mass is 9.73. The fourth-order valence-electron chi connectivity index (χ4n) is 8.51. The van der Waals surface area contributed by atoms with Crippen molar-refractivity contribution < 1.29 is 40.3 Å². The van der Waals surface area contributed by atoms with Crippen LogP contribution in [0.25, 0.3) is 11.1 Å². The largest absolute Gasteiger partial charge is 0.417 e. The van der Waals surface area contributed by atoms with Crippen molar-refractivity contribution in [1.82, 2.24) is 15.1 Å². The van der Waals surface area contributed by atoms with E-state index in [0.717, 1.165) is 42.5 Å². The van der Waals surface area contributed by atoms with E-state index in [0.29, 0.717) is 49.9 Å². The molecule has 290 valence electrons. The summed E-state index contributed by atoms with van der Waals surface area (Å²) in [5, 5.41) is 2.13. The fraction of sp³-hybridized carbons (Fsp3) is 0.463. The number of anilines is 1. The lowest BCUT2D eigenvalue weighted by molar-refractivity contribution is -0.141. The van der Waals surface area contributed by atoms with Gasteiger partial charge in [-0.05, 0) is 72.7 Å². The number of carbonyl (C=O) groups excluding carboxylic acids is 2. The van der Waals surface area contributed by atoms with Crippen LogP contribution >= 0.6 is 0 Å². The van der Waals surface area contributed by atoms with Gasteiger partial charge >= 0.3 is 12.4 Å². The summed E-state index contributed by atoms with van der Waals surface area (Å²) in [5.74, 6) is -1.45. The van der Waals surface area contributed by atoms with E-state index in [1.54, 1.807) is 24.3 Å². The normalized spacial score (nSPS) is 18.9. The van der Waals surface area contributed by atoms with Gasteiger partial charge in [-0.2, -0.15) is 26.3 Å². The Hall–Kier alpha value is -4.39. The number of rotatable bonds is 12. The number of benzene rings is 3. The second-order valence-electron chi connectivity index (χ2n) is 14.4. The molecule has 0 aromatic heterocycles. The number of alkyl halides is 7. The van der Waals surface area contributed by atoms with E-state index in [1.165, 1.54) is 21.9 Å². The van der Waals surface area contributed by atoms with Gasteiger partial charge in [0.1, 0.15) is 12.0 Å². The van der Waals surface area contributed by atoms with Crippen LogP contribution in [0.1, 0.15) is 78.4 Å². The second kappa shape index (κ2) is 16.1. The summed E-state index contributed by atoms with van der Waals surface area (Å²) in [7, 11) is 0. The summed E-state index contributed by atoms with van der Waals surface area (Å²) in [6, 6.07) is 17.6. The number of fused-ring (bicyclic) bond motifs is 3. The number of hydrogen-bond donors (Lipinski definition) is 1. The molecular weight excluding hydrogens is 713 g/mol. The Morgan fingerprint density at radius 2 is 1.54 bits per heavy atom. The number of hydrogen-bond acceptors (Lipinski definition) is 4. The van der Waals surface area contributed by atoms with Gasteiger partial charge in [0.15, 0.2) is 6.30 Å². The monoisotopic (exact) mass is 758 g/mol. The van der Waals surface area contributed by atoms with E-state index in [1.807, 2.05) is 29.2 Å². The number of carbonyl (C=O) groups is 2. The summed E-state index contributed by atoms with van der Waals surface area (Å²) in [6.07, 6.45) is -4.15. The van der Waals surface area contributed by atoms with Crippen LogP contribution in [0.3, 0.4) is 0 Å². The number of piperazine rings is 1. The molecule has 0 spiro atoms. The molecule has 0 bridgehead atoms. The molecule has 6 nitrogen and oxygen atoms in total.